The standard InChI is InChI=1S/C29H28N8O3S/c1-41(39,40)25-24(19-13-20-8-9-21(14-19)36(20)29(38)27-31-11-12-32-27)35-28-22(16-34-37(28)26(25)30)18-7-10-23(33-15-18)17-5-3-2-4-6-17/h2-7,10-12,15-16,19-21H,8-9,13-14,30H2,1H3,(H,31,32). The van der Waals surface area contributed by atoms with Crippen LogP contribution in [0.15, 0.2) is 72.1 Å². The normalized spacial score (nSPS) is 20.5. The fraction of sp³-hybridized carbons (Fsp3) is 0.276. The van der Waals surface area contributed by atoms with Crippen molar-refractivity contribution in [2.45, 2.75) is 48.6 Å². The smallest absolute Gasteiger partial charge is 0.290 e. The number of rotatable bonds is 5. The zero-order valence-corrected chi connectivity index (χ0v) is 23.1. The van der Waals surface area contributed by atoms with Gasteiger partial charge in [0.1, 0.15) is 10.7 Å². The van der Waals surface area contributed by atoms with E-state index in [1.807, 2.05) is 47.4 Å². The first kappa shape index (κ1) is 25.4. The number of nitrogens with zero attached hydrogens (tertiary/aromatic N) is 6. The maximum atomic E-state index is 13.2. The second-order valence-corrected chi connectivity index (χ2v) is 12.7. The number of amides is 1. The first-order valence-electron chi connectivity index (χ1n) is 13.5. The number of H-pyrrole nitrogens is 1. The van der Waals surface area contributed by atoms with Crippen molar-refractivity contribution < 1.29 is 13.2 Å². The van der Waals surface area contributed by atoms with E-state index in [4.69, 9.17) is 10.7 Å². The summed E-state index contributed by atoms with van der Waals surface area (Å²) in [5, 5.41) is 4.42. The summed E-state index contributed by atoms with van der Waals surface area (Å²) in [4.78, 5) is 31.7. The van der Waals surface area contributed by atoms with Crippen LogP contribution >= 0.6 is 0 Å². The molecule has 5 aromatic rings. The lowest BCUT2D eigenvalue weighted by atomic mass is 9.87. The van der Waals surface area contributed by atoms with Gasteiger partial charge in [-0.05, 0) is 31.7 Å². The molecule has 2 aliphatic rings. The van der Waals surface area contributed by atoms with Gasteiger partial charge in [0.2, 0.25) is 0 Å². The molecule has 0 saturated carbocycles. The monoisotopic (exact) mass is 568 g/mol. The summed E-state index contributed by atoms with van der Waals surface area (Å²) in [5.41, 5.74) is 10.8. The number of anilines is 1. The van der Waals surface area contributed by atoms with E-state index in [0.29, 0.717) is 35.6 Å². The van der Waals surface area contributed by atoms with E-state index in [9.17, 15) is 13.2 Å². The number of carbonyl (C=O) groups is 1. The Bertz CT molecular complexity index is 1850. The van der Waals surface area contributed by atoms with E-state index in [-0.39, 0.29) is 34.6 Å². The van der Waals surface area contributed by atoms with Crippen molar-refractivity contribution in [1.29, 1.82) is 0 Å². The third kappa shape index (κ3) is 4.26. The predicted molar refractivity (Wildman–Crippen MR) is 153 cm³/mol. The van der Waals surface area contributed by atoms with E-state index in [0.717, 1.165) is 35.9 Å². The summed E-state index contributed by atoms with van der Waals surface area (Å²) >= 11 is 0. The van der Waals surface area contributed by atoms with Crippen LogP contribution in [0.3, 0.4) is 0 Å². The molecule has 0 spiro atoms. The van der Waals surface area contributed by atoms with Gasteiger partial charge in [-0.1, -0.05) is 36.4 Å². The van der Waals surface area contributed by atoms with Gasteiger partial charge >= 0.3 is 0 Å². The molecule has 41 heavy (non-hydrogen) atoms. The Morgan fingerprint density at radius 3 is 2.39 bits per heavy atom. The van der Waals surface area contributed by atoms with Gasteiger partial charge in [0.05, 0.1) is 17.6 Å². The van der Waals surface area contributed by atoms with Crippen LogP contribution in [0.2, 0.25) is 0 Å². The highest BCUT2D eigenvalue weighted by atomic mass is 32.2. The molecule has 1 aromatic carbocycles. The fourth-order valence-corrected chi connectivity index (χ4v) is 7.51. The van der Waals surface area contributed by atoms with Gasteiger partial charge in [-0.3, -0.25) is 9.78 Å². The van der Waals surface area contributed by atoms with Crippen molar-refractivity contribution in [2.75, 3.05) is 12.0 Å². The zero-order valence-electron chi connectivity index (χ0n) is 22.3. The molecule has 2 unspecified atom stereocenters. The topological polar surface area (TPSA) is 152 Å². The summed E-state index contributed by atoms with van der Waals surface area (Å²) in [5.74, 6) is 0.0362. The molecule has 11 nitrogen and oxygen atoms in total. The highest BCUT2D eigenvalue weighted by molar-refractivity contribution is 7.91. The van der Waals surface area contributed by atoms with Gasteiger partial charge in [0, 0.05) is 59.5 Å². The van der Waals surface area contributed by atoms with Crippen LogP contribution in [0.5, 0.6) is 0 Å². The van der Waals surface area contributed by atoms with Gasteiger partial charge < -0.3 is 15.6 Å². The van der Waals surface area contributed by atoms with Crippen molar-refractivity contribution in [3.05, 3.63) is 78.8 Å². The minimum absolute atomic E-state index is 0.00686. The average Bonchev–Trinajstić information content (AvgIpc) is 3.71. The molecule has 2 saturated heterocycles. The Morgan fingerprint density at radius 1 is 1.00 bits per heavy atom. The number of benzene rings is 1. The molecule has 2 fully saturated rings. The SMILES string of the molecule is CS(=O)(=O)c1c(C2CC3CCC(C2)N3C(=O)c2ncc[nH]2)nc2c(-c3ccc(-c4ccccc4)nc3)cnn2c1N. The summed E-state index contributed by atoms with van der Waals surface area (Å²) in [6.07, 6.45) is 10.6. The average molecular weight is 569 g/mol. The molecule has 2 bridgehead atoms. The summed E-state index contributed by atoms with van der Waals surface area (Å²) < 4.78 is 27.5. The van der Waals surface area contributed by atoms with Crippen LogP contribution in [0.4, 0.5) is 5.82 Å². The molecule has 1 amide bonds. The number of imidazole rings is 1. The molecule has 0 radical (unpaired) electrons. The number of sulfone groups is 1. The molecular formula is C29H28N8O3S. The van der Waals surface area contributed by atoms with Gasteiger partial charge in [0.25, 0.3) is 5.91 Å². The number of nitrogens with two attached hydrogens (primary N) is 1. The van der Waals surface area contributed by atoms with Crippen molar-refractivity contribution in [3.63, 3.8) is 0 Å². The second kappa shape index (κ2) is 9.51. The van der Waals surface area contributed by atoms with E-state index >= 15 is 0 Å². The van der Waals surface area contributed by atoms with Gasteiger partial charge in [0.15, 0.2) is 21.3 Å². The van der Waals surface area contributed by atoms with Crippen LogP contribution in [0, 0.1) is 0 Å². The predicted octanol–water partition coefficient (Wildman–Crippen LogP) is 3.72. The molecule has 2 atom stereocenters. The molecule has 4 aromatic heterocycles. The van der Waals surface area contributed by atoms with E-state index in [1.54, 1.807) is 24.8 Å². The number of fused-ring (bicyclic) bond motifs is 3. The summed E-state index contributed by atoms with van der Waals surface area (Å²) in [6, 6.07) is 13.7. The third-order valence-corrected chi connectivity index (χ3v) is 9.39. The Kier molecular flexibility index (Phi) is 5.89. The Morgan fingerprint density at radius 2 is 1.76 bits per heavy atom. The number of nitrogen functional groups attached to an aromatic ring is 1. The molecule has 3 N–H and O–H groups in total. The lowest BCUT2D eigenvalue weighted by Crippen LogP contribution is -2.46. The molecule has 6 heterocycles. The number of aromatic amines is 1. The van der Waals surface area contributed by atoms with Crippen LogP contribution in [-0.4, -0.2) is 67.1 Å². The van der Waals surface area contributed by atoms with Crippen molar-refractivity contribution in [2.24, 2.45) is 0 Å². The Hall–Kier alpha value is -4.58. The highest BCUT2D eigenvalue weighted by Crippen LogP contribution is 2.45. The third-order valence-electron chi connectivity index (χ3n) is 8.23. The first-order chi connectivity index (χ1) is 19.8. The number of hydrogen-bond acceptors (Lipinski definition) is 8. The maximum Gasteiger partial charge on any atom is 0.290 e. The lowest BCUT2D eigenvalue weighted by Gasteiger charge is -2.38. The fourth-order valence-electron chi connectivity index (χ4n) is 6.45. The number of carbonyl (C=O) groups excluding carboxylic acids is 1. The summed E-state index contributed by atoms with van der Waals surface area (Å²) in [7, 11) is -3.73. The molecule has 12 heteroatoms. The van der Waals surface area contributed by atoms with Crippen LogP contribution < -0.4 is 5.73 Å². The van der Waals surface area contributed by atoms with Crippen molar-refractivity contribution >= 4 is 27.2 Å². The number of pyridine rings is 1. The van der Waals surface area contributed by atoms with Crippen molar-refractivity contribution in [3.8, 4) is 22.4 Å². The Balaban J connectivity index is 1.29. The van der Waals surface area contributed by atoms with Crippen LogP contribution in [0.1, 0.15) is 47.9 Å². The van der Waals surface area contributed by atoms with Gasteiger partial charge in [-0.15, -0.1) is 0 Å². The largest absolute Gasteiger partial charge is 0.382 e. The number of hydrogen-bond donors (Lipinski definition) is 2. The maximum absolute atomic E-state index is 13.2. The van der Waals surface area contributed by atoms with E-state index in [1.165, 1.54) is 4.52 Å². The molecule has 2 aliphatic heterocycles. The van der Waals surface area contributed by atoms with Gasteiger partial charge in [-0.2, -0.15) is 9.61 Å². The lowest BCUT2D eigenvalue weighted by molar-refractivity contribution is 0.0556. The van der Waals surface area contributed by atoms with Gasteiger partial charge in [-0.25, -0.2) is 18.4 Å². The molecule has 208 valence electrons. The highest BCUT2D eigenvalue weighted by Gasteiger charge is 2.46. The molecule has 0 aliphatic carbocycles. The first-order valence-corrected chi connectivity index (χ1v) is 15.4. The number of aromatic nitrogens is 6. The van der Waals surface area contributed by atoms with Crippen LogP contribution in [-0.2, 0) is 9.84 Å². The molecular weight excluding hydrogens is 540 g/mol. The zero-order chi connectivity index (χ0) is 28.3. The number of piperidine rings is 1. The second-order valence-electron chi connectivity index (χ2n) is 10.8. The van der Waals surface area contributed by atoms with Crippen LogP contribution in [0.25, 0.3) is 28.0 Å². The van der Waals surface area contributed by atoms with E-state index < -0.39 is 9.84 Å². The minimum Gasteiger partial charge on any atom is -0.382 e. The number of nitrogens with one attached hydrogen (secondary N) is 1. The minimum atomic E-state index is -3.73. The summed E-state index contributed by atoms with van der Waals surface area (Å²) in [6.45, 7) is 0. The molecule has 7 rings (SSSR count). The quantitative estimate of drug-likeness (QED) is 0.325. The Labute approximate surface area is 236 Å². The van der Waals surface area contributed by atoms with E-state index in [2.05, 4.69) is 20.1 Å². The van der Waals surface area contributed by atoms with Crippen molar-refractivity contribution in [1.82, 2.24) is 34.4 Å².